The van der Waals surface area contributed by atoms with Crippen LogP contribution in [0.3, 0.4) is 0 Å². The highest BCUT2D eigenvalue weighted by molar-refractivity contribution is 6.05. The molecule has 9 nitrogen and oxygen atoms in total. The lowest BCUT2D eigenvalue weighted by atomic mass is 10.1. The number of morpholine rings is 1. The van der Waals surface area contributed by atoms with E-state index in [0.29, 0.717) is 18.9 Å². The molecule has 1 unspecified atom stereocenters. The molecule has 2 fully saturated rings. The zero-order valence-electron chi connectivity index (χ0n) is 23.1. The fourth-order valence-corrected chi connectivity index (χ4v) is 5.08. The molecule has 6 rings (SSSR count). The third-order valence-corrected chi connectivity index (χ3v) is 7.75. The average Bonchev–Trinajstić information content (AvgIpc) is 3.54. The van der Waals surface area contributed by atoms with Gasteiger partial charge in [-0.05, 0) is 54.8 Å². The van der Waals surface area contributed by atoms with Crippen molar-refractivity contribution in [1.29, 1.82) is 0 Å². The zero-order chi connectivity index (χ0) is 29.3. The Kier molecular flexibility index (Phi) is 7.74. The maximum Gasteiger partial charge on any atom is 0.573 e. The number of alkyl halides is 3. The molecule has 1 amide bonds. The van der Waals surface area contributed by atoms with Crippen LogP contribution in [0, 0.1) is 5.92 Å². The van der Waals surface area contributed by atoms with Gasteiger partial charge in [-0.15, -0.1) is 13.2 Å². The number of nitrogens with zero attached hydrogens (tertiary/aromatic N) is 4. The number of amides is 1. The summed E-state index contributed by atoms with van der Waals surface area (Å²) in [4.78, 5) is 26.3. The van der Waals surface area contributed by atoms with Crippen molar-refractivity contribution in [1.82, 2.24) is 14.9 Å². The second-order valence-electron chi connectivity index (χ2n) is 10.6. The molecule has 3 aromatic rings. The quantitative estimate of drug-likeness (QED) is 0.359. The second kappa shape index (κ2) is 11.6. The summed E-state index contributed by atoms with van der Waals surface area (Å²) in [7, 11) is 0. The first-order chi connectivity index (χ1) is 20.2. The Morgan fingerprint density at radius 3 is 2.38 bits per heavy atom. The van der Waals surface area contributed by atoms with Gasteiger partial charge in [-0.3, -0.25) is 9.69 Å². The predicted molar refractivity (Wildman–Crippen MR) is 152 cm³/mol. The van der Waals surface area contributed by atoms with Gasteiger partial charge in [0, 0.05) is 73.5 Å². The van der Waals surface area contributed by atoms with E-state index < -0.39 is 18.0 Å². The maximum absolute atomic E-state index is 13.1. The number of benzene rings is 2. The van der Waals surface area contributed by atoms with E-state index in [1.165, 1.54) is 12.1 Å². The lowest BCUT2D eigenvalue weighted by Gasteiger charge is -2.30. The van der Waals surface area contributed by atoms with E-state index in [2.05, 4.69) is 35.1 Å². The number of aromatic nitrogens is 2. The van der Waals surface area contributed by atoms with Crippen molar-refractivity contribution in [2.75, 3.05) is 61.5 Å². The molecule has 0 saturated carbocycles. The first kappa shape index (κ1) is 28.0. The number of ether oxygens (including phenoxy) is 2. The third kappa shape index (κ3) is 6.50. The van der Waals surface area contributed by atoms with Crippen LogP contribution in [0.2, 0.25) is 0 Å². The van der Waals surface area contributed by atoms with Gasteiger partial charge in [0.05, 0.1) is 18.9 Å². The molecule has 12 heteroatoms. The summed E-state index contributed by atoms with van der Waals surface area (Å²) in [6.45, 7) is 7.61. The molecule has 2 aromatic carbocycles. The number of nitrogens with one attached hydrogen (secondary N) is 2. The maximum atomic E-state index is 13.1. The molecule has 3 aliphatic rings. The highest BCUT2D eigenvalue weighted by Crippen LogP contribution is 2.42. The Bertz CT molecular complexity index is 1470. The summed E-state index contributed by atoms with van der Waals surface area (Å²) in [6.07, 6.45) is -0.177. The van der Waals surface area contributed by atoms with E-state index in [1.807, 2.05) is 19.1 Å². The number of rotatable bonds is 9. The minimum atomic E-state index is -4.87. The Balaban J connectivity index is 1.13. The minimum Gasteiger partial charge on any atom is -0.404 e. The van der Waals surface area contributed by atoms with E-state index in [1.54, 1.807) is 24.5 Å². The van der Waals surface area contributed by atoms with Crippen molar-refractivity contribution < 1.29 is 27.4 Å². The van der Waals surface area contributed by atoms with Gasteiger partial charge in [0.25, 0.3) is 5.91 Å². The lowest BCUT2D eigenvalue weighted by molar-refractivity contribution is -0.274. The molecule has 42 heavy (non-hydrogen) atoms. The molecule has 2 N–H and O–H groups in total. The molecule has 2 saturated heterocycles. The number of hydrogen-bond acceptors (Lipinski definition) is 8. The summed E-state index contributed by atoms with van der Waals surface area (Å²) < 4.78 is 49.1. The van der Waals surface area contributed by atoms with Gasteiger partial charge in [0.15, 0.2) is 5.75 Å². The van der Waals surface area contributed by atoms with Crippen LogP contribution in [0.4, 0.5) is 30.5 Å². The molecule has 3 heterocycles. The highest BCUT2D eigenvalue weighted by Gasteiger charge is 2.37. The van der Waals surface area contributed by atoms with Crippen LogP contribution in [-0.2, 0) is 4.74 Å². The van der Waals surface area contributed by atoms with Crippen LogP contribution in [0.1, 0.15) is 23.7 Å². The topological polar surface area (TPSA) is 91.9 Å². The average molecular weight is 581 g/mol. The van der Waals surface area contributed by atoms with Crippen molar-refractivity contribution in [3.63, 3.8) is 0 Å². The van der Waals surface area contributed by atoms with Crippen molar-refractivity contribution in [2.24, 2.45) is 5.92 Å². The fraction of sp³-hybridized carbons (Fsp3) is 0.367. The van der Waals surface area contributed by atoms with E-state index in [4.69, 9.17) is 4.74 Å². The first-order valence-corrected chi connectivity index (χ1v) is 13.9. The van der Waals surface area contributed by atoms with E-state index in [9.17, 15) is 18.0 Å². The summed E-state index contributed by atoms with van der Waals surface area (Å²) in [5.74, 6) is -0.0358. The summed E-state index contributed by atoms with van der Waals surface area (Å²) in [5, 5.41) is 5.91. The minimum absolute atomic E-state index is 0.0795. The number of carbonyl (C=O) groups is 1. The standard InChI is InChI=1S/C30H31F3N6O3/c1-19-24(18-38-11-13-41-14-12-38)27(19)37-25-15-21(5-8-26(25)42-30(31,32)33)28(40)36-23-6-3-20(4-7-23)22-16-34-29(35-17-22)39-9-2-10-39/h3-8,15-17,24,37H,2,9-14,18H2,1H3,(H,36,40). The highest BCUT2D eigenvalue weighted by atomic mass is 19.4. The van der Waals surface area contributed by atoms with Gasteiger partial charge in [-0.2, -0.15) is 0 Å². The van der Waals surface area contributed by atoms with Crippen LogP contribution >= 0.6 is 0 Å². The molecule has 1 atom stereocenters. The molecule has 220 valence electrons. The number of hydrogen-bond donors (Lipinski definition) is 2. The summed E-state index contributed by atoms with van der Waals surface area (Å²) in [6, 6.07) is 11.1. The monoisotopic (exact) mass is 580 g/mol. The van der Waals surface area contributed by atoms with Crippen LogP contribution in [0.25, 0.3) is 11.1 Å². The van der Waals surface area contributed by atoms with Gasteiger partial charge < -0.3 is 25.0 Å². The Labute approximate surface area is 241 Å². The predicted octanol–water partition coefficient (Wildman–Crippen LogP) is 5.15. The van der Waals surface area contributed by atoms with Crippen molar-refractivity contribution in [3.05, 3.63) is 71.7 Å². The van der Waals surface area contributed by atoms with Gasteiger partial charge in [0.2, 0.25) is 5.95 Å². The Hall–Kier alpha value is -4.16. The van der Waals surface area contributed by atoms with Gasteiger partial charge >= 0.3 is 6.36 Å². The molecule has 0 spiro atoms. The van der Waals surface area contributed by atoms with Crippen LogP contribution in [0.15, 0.2) is 66.1 Å². The van der Waals surface area contributed by atoms with Crippen molar-refractivity contribution in [2.45, 2.75) is 19.7 Å². The summed E-state index contributed by atoms with van der Waals surface area (Å²) >= 11 is 0. The first-order valence-electron chi connectivity index (χ1n) is 13.9. The van der Waals surface area contributed by atoms with E-state index >= 15 is 0 Å². The number of halogens is 3. The molecule has 1 aliphatic carbocycles. The lowest BCUT2D eigenvalue weighted by Crippen LogP contribution is -2.38. The van der Waals surface area contributed by atoms with Gasteiger partial charge in [-0.1, -0.05) is 12.1 Å². The Morgan fingerprint density at radius 1 is 1.02 bits per heavy atom. The Morgan fingerprint density at radius 2 is 1.74 bits per heavy atom. The molecule has 0 bridgehead atoms. The zero-order valence-corrected chi connectivity index (χ0v) is 23.1. The number of anilines is 3. The number of carbonyl (C=O) groups excluding carboxylic acids is 1. The fourth-order valence-electron chi connectivity index (χ4n) is 5.08. The molecule has 0 radical (unpaired) electrons. The summed E-state index contributed by atoms with van der Waals surface area (Å²) in [5.41, 5.74) is 4.45. The second-order valence-corrected chi connectivity index (χ2v) is 10.6. The molecule has 1 aromatic heterocycles. The van der Waals surface area contributed by atoms with Crippen molar-refractivity contribution >= 4 is 23.2 Å². The van der Waals surface area contributed by atoms with Gasteiger partial charge in [0.1, 0.15) is 0 Å². The normalized spacial score (nSPS) is 18.9. The van der Waals surface area contributed by atoms with E-state index in [-0.39, 0.29) is 17.2 Å². The van der Waals surface area contributed by atoms with E-state index in [0.717, 1.165) is 73.6 Å². The van der Waals surface area contributed by atoms with Crippen LogP contribution < -0.4 is 20.3 Å². The molecular weight excluding hydrogens is 549 g/mol. The smallest absolute Gasteiger partial charge is 0.404 e. The van der Waals surface area contributed by atoms with Crippen molar-refractivity contribution in [3.8, 4) is 16.9 Å². The largest absolute Gasteiger partial charge is 0.573 e. The SMILES string of the molecule is CC1=C(Nc2cc(C(=O)Nc3ccc(-c4cnc(N5CCC5)nc4)cc3)ccc2OC(F)(F)F)C1CN1CCOCC1. The molecular formula is C30H31F3N6O3. The van der Waals surface area contributed by atoms with Crippen LogP contribution in [-0.4, -0.2) is 73.1 Å². The van der Waals surface area contributed by atoms with Crippen LogP contribution in [0.5, 0.6) is 5.75 Å². The third-order valence-electron chi connectivity index (χ3n) is 7.75. The van der Waals surface area contributed by atoms with Gasteiger partial charge in [-0.25, -0.2) is 9.97 Å². The molecule has 2 aliphatic heterocycles.